The molecule has 1 rings (SSSR count). The molecule has 1 aromatic heterocycles. The number of aromatic amines is 1. The molecule has 1 aromatic rings. The van der Waals surface area contributed by atoms with Crippen molar-refractivity contribution < 1.29 is 0 Å². The van der Waals surface area contributed by atoms with Crippen LogP contribution in [0.1, 0.15) is 12.6 Å². The van der Waals surface area contributed by atoms with E-state index in [2.05, 4.69) is 11.2 Å². The Bertz CT molecular complexity index is 153. The first kappa shape index (κ1) is 6.36. The van der Waals surface area contributed by atoms with E-state index >= 15 is 0 Å². The fraction of sp³-hybridized carbons (Fsp3) is 0.429. The number of nitrogens with two attached hydrogens (primary N) is 1. The molecule has 0 aliphatic heterocycles. The molecule has 49 valence electrons. The van der Waals surface area contributed by atoms with Crippen molar-refractivity contribution in [2.75, 3.05) is 0 Å². The summed E-state index contributed by atoms with van der Waals surface area (Å²) in [5.41, 5.74) is 6.71. The molecule has 1 atom stereocenters. The highest BCUT2D eigenvalue weighted by molar-refractivity contribution is 5.03. The van der Waals surface area contributed by atoms with Crippen LogP contribution in [-0.2, 0) is 6.42 Å². The zero-order chi connectivity index (χ0) is 6.69. The molecule has 1 unspecified atom stereocenters. The van der Waals surface area contributed by atoms with Gasteiger partial charge in [-0.3, -0.25) is 0 Å². The van der Waals surface area contributed by atoms with Crippen LogP contribution in [0.5, 0.6) is 0 Å². The number of aromatic nitrogens is 1. The molecule has 9 heavy (non-hydrogen) atoms. The second-order valence-corrected chi connectivity index (χ2v) is 2.31. The van der Waals surface area contributed by atoms with Crippen molar-refractivity contribution in [2.24, 2.45) is 5.73 Å². The van der Waals surface area contributed by atoms with Crippen molar-refractivity contribution in [3.8, 4) is 0 Å². The van der Waals surface area contributed by atoms with Crippen molar-refractivity contribution in [2.45, 2.75) is 19.4 Å². The van der Waals surface area contributed by atoms with E-state index in [1.165, 1.54) is 0 Å². The Hall–Kier alpha value is -0.760. The van der Waals surface area contributed by atoms with Gasteiger partial charge in [0, 0.05) is 18.2 Å². The van der Waals surface area contributed by atoms with Gasteiger partial charge in [-0.2, -0.15) is 0 Å². The average molecular weight is 123 g/mol. The van der Waals surface area contributed by atoms with E-state index < -0.39 is 0 Å². The molecule has 2 heteroatoms. The maximum absolute atomic E-state index is 5.55. The Morgan fingerprint density at radius 1 is 1.89 bits per heavy atom. The normalized spacial score (nSPS) is 13.6. The van der Waals surface area contributed by atoms with E-state index in [1.807, 2.05) is 19.1 Å². The van der Waals surface area contributed by atoms with Crippen molar-refractivity contribution in [1.82, 2.24) is 4.98 Å². The van der Waals surface area contributed by atoms with Gasteiger partial charge >= 0.3 is 0 Å². The molecule has 0 saturated heterocycles. The van der Waals surface area contributed by atoms with Crippen LogP contribution in [0.3, 0.4) is 0 Å². The molecule has 0 spiro atoms. The van der Waals surface area contributed by atoms with E-state index in [9.17, 15) is 0 Å². The molecule has 2 nitrogen and oxygen atoms in total. The lowest BCUT2D eigenvalue weighted by Gasteiger charge is -1.99. The third-order valence-corrected chi connectivity index (χ3v) is 1.14. The van der Waals surface area contributed by atoms with Gasteiger partial charge in [0.1, 0.15) is 0 Å². The summed E-state index contributed by atoms with van der Waals surface area (Å²) >= 11 is 0. The van der Waals surface area contributed by atoms with Gasteiger partial charge in [0.2, 0.25) is 0 Å². The monoisotopic (exact) mass is 123 g/mol. The van der Waals surface area contributed by atoms with Gasteiger partial charge in [-0.05, 0) is 19.1 Å². The van der Waals surface area contributed by atoms with Gasteiger partial charge in [0.15, 0.2) is 0 Å². The van der Waals surface area contributed by atoms with Crippen molar-refractivity contribution in [1.29, 1.82) is 0 Å². The average Bonchev–Trinajstić information content (AvgIpc) is 2.15. The maximum Gasteiger partial charge on any atom is 0.0621 e. The van der Waals surface area contributed by atoms with Gasteiger partial charge in [0.25, 0.3) is 0 Å². The summed E-state index contributed by atoms with van der Waals surface area (Å²) in [6.45, 7) is 1.99. The predicted molar refractivity (Wildman–Crippen MR) is 37.0 cm³/mol. The standard InChI is InChI=1S/C7H11N2/c1-6(8)5-7-3-2-4-9-7/h2-3,6,9H,5,8H2,1H3. The molecular weight excluding hydrogens is 112 g/mol. The highest BCUT2D eigenvalue weighted by Crippen LogP contribution is 1.96. The van der Waals surface area contributed by atoms with Crippen LogP contribution in [0.2, 0.25) is 0 Å². The molecule has 0 aliphatic carbocycles. The molecule has 0 aliphatic rings. The minimum atomic E-state index is 0.233. The van der Waals surface area contributed by atoms with Gasteiger partial charge in [0.05, 0.1) is 6.20 Å². The van der Waals surface area contributed by atoms with E-state index in [0.717, 1.165) is 12.1 Å². The Morgan fingerprint density at radius 2 is 2.67 bits per heavy atom. The van der Waals surface area contributed by atoms with Crippen molar-refractivity contribution >= 4 is 0 Å². The van der Waals surface area contributed by atoms with Crippen molar-refractivity contribution in [3.05, 3.63) is 24.0 Å². The van der Waals surface area contributed by atoms with E-state index in [-0.39, 0.29) is 6.04 Å². The summed E-state index contributed by atoms with van der Waals surface area (Å²) in [5, 5.41) is 0. The molecule has 3 N–H and O–H groups in total. The predicted octanol–water partition coefficient (Wildman–Crippen LogP) is 0.705. The second kappa shape index (κ2) is 2.69. The van der Waals surface area contributed by atoms with Crippen LogP contribution in [0.4, 0.5) is 0 Å². The third-order valence-electron chi connectivity index (χ3n) is 1.14. The van der Waals surface area contributed by atoms with E-state index in [0.29, 0.717) is 0 Å². The second-order valence-electron chi connectivity index (χ2n) is 2.31. The largest absolute Gasteiger partial charge is 0.357 e. The summed E-state index contributed by atoms with van der Waals surface area (Å²) in [6, 6.07) is 4.08. The Morgan fingerprint density at radius 3 is 3.11 bits per heavy atom. The Labute approximate surface area is 55.1 Å². The lowest BCUT2D eigenvalue weighted by Crippen LogP contribution is -2.17. The molecule has 0 fully saturated rings. The maximum atomic E-state index is 5.55. The van der Waals surface area contributed by atoms with Crippen LogP contribution in [-0.4, -0.2) is 11.0 Å². The number of rotatable bonds is 2. The molecule has 1 radical (unpaired) electrons. The highest BCUT2D eigenvalue weighted by Gasteiger charge is 1.95. The first-order valence-electron chi connectivity index (χ1n) is 3.08. The zero-order valence-corrected chi connectivity index (χ0v) is 5.52. The highest BCUT2D eigenvalue weighted by atomic mass is 14.7. The fourth-order valence-electron chi connectivity index (χ4n) is 0.784. The van der Waals surface area contributed by atoms with Crippen LogP contribution in [0, 0.1) is 6.20 Å². The molecule has 1 heterocycles. The quantitative estimate of drug-likeness (QED) is 0.597. The lowest BCUT2D eigenvalue weighted by atomic mass is 10.2. The Balaban J connectivity index is 2.48. The minimum Gasteiger partial charge on any atom is -0.357 e. The number of hydrogen-bond acceptors (Lipinski definition) is 1. The van der Waals surface area contributed by atoms with Gasteiger partial charge in [-0.25, -0.2) is 0 Å². The van der Waals surface area contributed by atoms with E-state index in [4.69, 9.17) is 5.73 Å². The molecule has 0 aromatic carbocycles. The van der Waals surface area contributed by atoms with Crippen LogP contribution in [0.25, 0.3) is 0 Å². The topological polar surface area (TPSA) is 41.8 Å². The van der Waals surface area contributed by atoms with Gasteiger partial charge in [-0.1, -0.05) is 0 Å². The van der Waals surface area contributed by atoms with Crippen LogP contribution in [0.15, 0.2) is 12.1 Å². The van der Waals surface area contributed by atoms with Gasteiger partial charge < -0.3 is 10.7 Å². The summed E-state index contributed by atoms with van der Waals surface area (Å²) in [7, 11) is 0. The van der Waals surface area contributed by atoms with Crippen LogP contribution >= 0.6 is 0 Å². The first-order valence-corrected chi connectivity index (χ1v) is 3.08. The molecular formula is C7H11N2. The fourth-order valence-corrected chi connectivity index (χ4v) is 0.784. The number of hydrogen-bond donors (Lipinski definition) is 2. The third kappa shape index (κ3) is 1.90. The summed E-state index contributed by atoms with van der Waals surface area (Å²) < 4.78 is 0. The van der Waals surface area contributed by atoms with Crippen LogP contribution < -0.4 is 5.73 Å². The molecule has 0 amide bonds. The van der Waals surface area contributed by atoms with Gasteiger partial charge in [-0.15, -0.1) is 0 Å². The smallest absolute Gasteiger partial charge is 0.0621 e. The first-order chi connectivity index (χ1) is 4.29. The lowest BCUT2D eigenvalue weighted by molar-refractivity contribution is 0.725. The molecule has 0 saturated carbocycles. The summed E-state index contributed by atoms with van der Waals surface area (Å²) in [6.07, 6.45) is 3.76. The van der Waals surface area contributed by atoms with Crippen molar-refractivity contribution in [3.63, 3.8) is 0 Å². The Kier molecular flexibility index (Phi) is 1.90. The zero-order valence-electron chi connectivity index (χ0n) is 5.52. The summed E-state index contributed by atoms with van der Waals surface area (Å²) in [4.78, 5) is 2.96. The minimum absolute atomic E-state index is 0.233. The van der Waals surface area contributed by atoms with E-state index in [1.54, 1.807) is 0 Å². The number of nitrogens with one attached hydrogen (secondary N) is 1. The molecule has 0 bridgehead atoms. The summed E-state index contributed by atoms with van der Waals surface area (Å²) in [5.74, 6) is 0. The SMILES string of the molecule is CC(N)Cc1cc[c][nH]1. The number of H-pyrrole nitrogens is 1.